The third kappa shape index (κ3) is 2.59. The normalized spacial score (nSPS) is 19.7. The molecule has 0 bridgehead atoms. The lowest BCUT2D eigenvalue weighted by atomic mass is 9.85. The zero-order valence-electron chi connectivity index (χ0n) is 17.7. The van der Waals surface area contributed by atoms with Gasteiger partial charge in [-0.2, -0.15) is 0 Å². The number of fused-ring (bicyclic) bond motifs is 6. The van der Waals surface area contributed by atoms with E-state index in [0.717, 1.165) is 0 Å². The Morgan fingerprint density at radius 2 is 1.94 bits per heavy atom. The molecular weight excluding hydrogens is 452 g/mol. The predicted molar refractivity (Wildman–Crippen MR) is 115 cm³/mol. The highest BCUT2D eigenvalue weighted by Gasteiger charge is 2.50. The molecule has 9 nitrogen and oxygen atoms in total. The maximum absolute atomic E-state index is 13.5. The third-order valence-electron chi connectivity index (χ3n) is 6.40. The lowest BCUT2D eigenvalue weighted by molar-refractivity contribution is -0.188. The number of ether oxygens (including phenoxy) is 4. The molecule has 3 aliphatic heterocycles. The Morgan fingerprint density at radius 1 is 1.18 bits per heavy atom. The second-order valence-corrected chi connectivity index (χ2v) is 8.52. The van der Waals surface area contributed by atoms with Crippen LogP contribution in [0.15, 0.2) is 23.0 Å². The maximum atomic E-state index is 13.5. The summed E-state index contributed by atoms with van der Waals surface area (Å²) in [5.74, 6) is -0.202. The fourth-order valence-corrected chi connectivity index (χ4v) is 5.12. The minimum Gasteiger partial charge on any atom is -0.457 e. The molecule has 3 aliphatic rings. The van der Waals surface area contributed by atoms with E-state index >= 15 is 0 Å². The molecule has 0 aliphatic carbocycles. The smallest absolute Gasteiger partial charge is 0.355 e. The molecule has 33 heavy (non-hydrogen) atoms. The number of halogens is 1. The lowest BCUT2D eigenvalue weighted by Crippen LogP contribution is -2.47. The fourth-order valence-electron chi connectivity index (χ4n) is 4.82. The molecule has 0 fully saturated rings. The number of carbonyl (C=O) groups is 2. The quantitative estimate of drug-likeness (QED) is 0.413. The number of aromatic nitrogens is 2. The van der Waals surface area contributed by atoms with Crippen LogP contribution in [0, 0.1) is 0 Å². The second-order valence-electron chi connectivity index (χ2n) is 8.14. The van der Waals surface area contributed by atoms with Crippen molar-refractivity contribution in [3.05, 3.63) is 50.3 Å². The predicted octanol–water partition coefficient (Wildman–Crippen LogP) is 3.03. The van der Waals surface area contributed by atoms with Crippen LogP contribution < -0.4 is 15.0 Å². The first kappa shape index (κ1) is 20.0. The van der Waals surface area contributed by atoms with Gasteiger partial charge in [0.1, 0.15) is 6.61 Å². The van der Waals surface area contributed by atoms with Crippen molar-refractivity contribution < 1.29 is 28.5 Å². The van der Waals surface area contributed by atoms with Crippen LogP contribution in [0.4, 0.5) is 0 Å². The van der Waals surface area contributed by atoms with Crippen LogP contribution in [-0.2, 0) is 37.8 Å². The summed E-state index contributed by atoms with van der Waals surface area (Å²) in [4.78, 5) is 42.9. The summed E-state index contributed by atoms with van der Waals surface area (Å²) in [6.07, 6.45) is 0.115. The highest BCUT2D eigenvalue weighted by molar-refractivity contribution is 6.36. The van der Waals surface area contributed by atoms with Gasteiger partial charge in [0, 0.05) is 29.5 Å². The Hall–Kier alpha value is -3.59. The zero-order valence-corrected chi connectivity index (χ0v) is 18.4. The number of pyridine rings is 2. The minimum atomic E-state index is -1.69. The van der Waals surface area contributed by atoms with E-state index < -0.39 is 17.5 Å². The van der Waals surface area contributed by atoms with E-state index in [9.17, 15) is 14.4 Å². The summed E-state index contributed by atoms with van der Waals surface area (Å²) in [6.45, 7) is 3.05. The SMILES string of the molecule is CC[C@@]1(OC(C)=O)C(=O)OCc2c1cc1n(c2=O)Cc2c-1nc1cc3c(cc1c2Cl)OCO3. The van der Waals surface area contributed by atoms with Crippen molar-refractivity contribution in [2.45, 2.75) is 39.0 Å². The molecule has 10 heteroatoms. The molecule has 6 rings (SSSR count). The summed E-state index contributed by atoms with van der Waals surface area (Å²) < 4.78 is 23.2. The van der Waals surface area contributed by atoms with Crippen LogP contribution in [0.25, 0.3) is 22.3 Å². The Labute approximate surface area is 191 Å². The van der Waals surface area contributed by atoms with Crippen LogP contribution >= 0.6 is 11.6 Å². The molecule has 2 aromatic heterocycles. The van der Waals surface area contributed by atoms with Crippen molar-refractivity contribution in [3.8, 4) is 22.9 Å². The van der Waals surface area contributed by atoms with E-state index in [1.54, 1.807) is 29.7 Å². The van der Waals surface area contributed by atoms with Gasteiger partial charge in [0.2, 0.25) is 12.4 Å². The molecule has 168 valence electrons. The number of benzene rings is 1. The van der Waals surface area contributed by atoms with Crippen LogP contribution in [-0.4, -0.2) is 28.3 Å². The van der Waals surface area contributed by atoms with E-state index in [1.807, 2.05) is 0 Å². The molecule has 5 heterocycles. The number of esters is 2. The summed E-state index contributed by atoms with van der Waals surface area (Å²) in [7, 11) is 0. The average Bonchev–Trinajstić information content (AvgIpc) is 3.39. The van der Waals surface area contributed by atoms with E-state index in [2.05, 4.69) is 0 Å². The number of rotatable bonds is 2. The van der Waals surface area contributed by atoms with Gasteiger partial charge in [0.25, 0.3) is 5.56 Å². The monoisotopic (exact) mass is 468 g/mol. The van der Waals surface area contributed by atoms with Gasteiger partial charge in [-0.15, -0.1) is 0 Å². The Balaban J connectivity index is 1.62. The van der Waals surface area contributed by atoms with Crippen LogP contribution in [0.3, 0.4) is 0 Å². The van der Waals surface area contributed by atoms with Crippen molar-refractivity contribution in [2.75, 3.05) is 6.79 Å². The second kappa shape index (κ2) is 6.71. The van der Waals surface area contributed by atoms with Gasteiger partial charge < -0.3 is 23.5 Å². The largest absolute Gasteiger partial charge is 0.457 e. The fraction of sp³-hybridized carbons (Fsp3) is 0.304. The number of nitrogens with zero attached hydrogens (tertiary/aromatic N) is 2. The molecular formula is C23H17ClN2O7. The Bertz CT molecular complexity index is 1480. The van der Waals surface area contributed by atoms with E-state index in [-0.39, 0.29) is 37.5 Å². The van der Waals surface area contributed by atoms with Gasteiger partial charge in [0.05, 0.1) is 34.0 Å². The van der Waals surface area contributed by atoms with Gasteiger partial charge in [0.15, 0.2) is 11.5 Å². The standard InChI is InChI=1S/C23H17ClN2O7/c1-3-23(33-10(2)27)14-5-16-20-12(7-26(16)21(28)13(14)8-30-22(23)29)19(24)11-4-17-18(32-9-31-17)6-15(11)25-20/h4-6H,3,7-9H2,1-2H3/t23-/m0/s1. The number of hydrogen-bond acceptors (Lipinski definition) is 8. The van der Waals surface area contributed by atoms with Crippen LogP contribution in [0.5, 0.6) is 11.5 Å². The molecule has 0 N–H and O–H groups in total. The van der Waals surface area contributed by atoms with Crippen molar-refractivity contribution in [3.63, 3.8) is 0 Å². The first-order valence-electron chi connectivity index (χ1n) is 10.4. The molecule has 1 aromatic carbocycles. The highest BCUT2D eigenvalue weighted by atomic mass is 35.5. The molecule has 3 aromatic rings. The summed E-state index contributed by atoms with van der Waals surface area (Å²) in [6, 6.07) is 5.21. The molecule has 0 unspecified atom stereocenters. The summed E-state index contributed by atoms with van der Waals surface area (Å²) >= 11 is 6.77. The molecule has 0 spiro atoms. The molecule has 0 saturated carbocycles. The van der Waals surface area contributed by atoms with Gasteiger partial charge in [-0.3, -0.25) is 9.59 Å². The molecule has 0 radical (unpaired) electrons. The summed E-state index contributed by atoms with van der Waals surface area (Å²) in [5, 5.41) is 1.15. The molecule has 1 atom stereocenters. The average molecular weight is 469 g/mol. The molecule has 0 saturated heterocycles. The van der Waals surface area contributed by atoms with Gasteiger partial charge >= 0.3 is 11.9 Å². The number of hydrogen-bond donors (Lipinski definition) is 0. The van der Waals surface area contributed by atoms with Crippen LogP contribution in [0.1, 0.15) is 37.0 Å². The topological polar surface area (TPSA) is 106 Å². The lowest BCUT2D eigenvalue weighted by Gasteiger charge is -2.35. The van der Waals surface area contributed by atoms with Gasteiger partial charge in [-0.05, 0) is 18.6 Å². The third-order valence-corrected chi connectivity index (χ3v) is 6.83. The number of carbonyl (C=O) groups excluding carboxylic acids is 2. The van der Waals surface area contributed by atoms with Crippen LogP contribution in [0.2, 0.25) is 5.02 Å². The Morgan fingerprint density at radius 3 is 2.67 bits per heavy atom. The number of cyclic esters (lactones) is 1. The van der Waals surface area contributed by atoms with Crippen molar-refractivity contribution in [2.24, 2.45) is 0 Å². The maximum Gasteiger partial charge on any atom is 0.355 e. The minimum absolute atomic E-state index is 0.115. The first-order valence-corrected chi connectivity index (χ1v) is 10.8. The van der Waals surface area contributed by atoms with Gasteiger partial charge in [-0.25, -0.2) is 9.78 Å². The van der Waals surface area contributed by atoms with Gasteiger partial charge in [-0.1, -0.05) is 18.5 Å². The first-order chi connectivity index (χ1) is 15.8. The van der Waals surface area contributed by atoms with E-state index in [4.69, 9.17) is 35.5 Å². The van der Waals surface area contributed by atoms with Crippen molar-refractivity contribution in [1.82, 2.24) is 9.55 Å². The van der Waals surface area contributed by atoms with E-state index in [1.165, 1.54) is 6.92 Å². The van der Waals surface area contributed by atoms with Crippen molar-refractivity contribution >= 4 is 34.4 Å². The zero-order chi connectivity index (χ0) is 23.1. The summed E-state index contributed by atoms with van der Waals surface area (Å²) in [5.41, 5.74) is 0.857. The Kier molecular flexibility index (Phi) is 4.08. The highest BCUT2D eigenvalue weighted by Crippen LogP contribution is 2.45. The van der Waals surface area contributed by atoms with E-state index in [0.29, 0.717) is 49.9 Å². The molecule has 0 amide bonds. The van der Waals surface area contributed by atoms with Crippen molar-refractivity contribution in [1.29, 1.82) is 0 Å².